The number of nitrogens with zero attached hydrogens (tertiary/aromatic N) is 1. The summed E-state index contributed by atoms with van der Waals surface area (Å²) < 4.78 is 0. The van der Waals surface area contributed by atoms with Gasteiger partial charge in [0.25, 0.3) is 0 Å². The summed E-state index contributed by atoms with van der Waals surface area (Å²) in [7, 11) is 0. The molecule has 0 bridgehead atoms. The van der Waals surface area contributed by atoms with E-state index in [1.54, 1.807) is 0 Å². The van der Waals surface area contributed by atoms with E-state index in [-0.39, 0.29) is 0 Å². The Labute approximate surface area is 328 Å². The predicted molar refractivity (Wildman–Crippen MR) is 234 cm³/mol. The minimum atomic E-state index is -0.409. The molecule has 2 aliphatic carbocycles. The van der Waals surface area contributed by atoms with Crippen molar-refractivity contribution in [3.63, 3.8) is 0 Å². The summed E-state index contributed by atoms with van der Waals surface area (Å²) in [4.78, 5) is 2.42. The summed E-state index contributed by atoms with van der Waals surface area (Å²) in [6.07, 6.45) is 0. The van der Waals surface area contributed by atoms with Gasteiger partial charge in [-0.1, -0.05) is 188 Å². The van der Waals surface area contributed by atoms with Crippen molar-refractivity contribution in [1.82, 2.24) is 0 Å². The summed E-state index contributed by atoms with van der Waals surface area (Å²) in [6, 6.07) is 82.3. The van der Waals surface area contributed by atoms with Crippen LogP contribution in [0.1, 0.15) is 22.3 Å². The van der Waals surface area contributed by atoms with Crippen LogP contribution in [0.15, 0.2) is 224 Å². The van der Waals surface area contributed by atoms with Gasteiger partial charge in [0, 0.05) is 17.1 Å². The average molecular weight is 712 g/mol. The van der Waals surface area contributed by atoms with Crippen LogP contribution in [-0.4, -0.2) is 0 Å². The van der Waals surface area contributed by atoms with Crippen molar-refractivity contribution in [3.8, 4) is 55.6 Å². The van der Waals surface area contributed by atoms with Crippen molar-refractivity contribution in [2.75, 3.05) is 4.90 Å². The minimum Gasteiger partial charge on any atom is -0.310 e. The van der Waals surface area contributed by atoms with Gasteiger partial charge in [-0.2, -0.15) is 0 Å². The highest BCUT2D eigenvalue weighted by Gasteiger charge is 2.51. The van der Waals surface area contributed by atoms with Gasteiger partial charge in [-0.05, 0) is 114 Å². The lowest BCUT2D eigenvalue weighted by atomic mass is 9.70. The van der Waals surface area contributed by atoms with Gasteiger partial charge in [-0.3, -0.25) is 0 Å². The maximum absolute atomic E-state index is 2.47. The number of hydrogen-bond donors (Lipinski definition) is 0. The Kier molecular flexibility index (Phi) is 7.47. The molecule has 0 radical (unpaired) electrons. The zero-order chi connectivity index (χ0) is 37.1. The smallest absolute Gasteiger partial charge is 0.0726 e. The average Bonchev–Trinajstić information content (AvgIpc) is 3.75. The third-order valence-electron chi connectivity index (χ3n) is 11.9. The highest BCUT2D eigenvalue weighted by Crippen LogP contribution is 2.63. The maximum Gasteiger partial charge on any atom is 0.0726 e. The summed E-state index contributed by atoms with van der Waals surface area (Å²) in [5.41, 5.74) is 20.8. The lowest BCUT2D eigenvalue weighted by molar-refractivity contribution is 0.793. The number of fused-ring (bicyclic) bond motifs is 10. The molecule has 56 heavy (non-hydrogen) atoms. The van der Waals surface area contributed by atoms with Gasteiger partial charge in [-0.25, -0.2) is 0 Å². The molecule has 9 aromatic rings. The maximum atomic E-state index is 2.47. The van der Waals surface area contributed by atoms with Crippen molar-refractivity contribution in [3.05, 3.63) is 247 Å². The molecule has 2 aliphatic rings. The molecule has 0 heterocycles. The first-order valence-corrected chi connectivity index (χ1v) is 19.4. The zero-order valence-electron chi connectivity index (χ0n) is 30.8. The first-order valence-electron chi connectivity index (χ1n) is 19.4. The molecule has 1 heteroatoms. The molecule has 9 aromatic carbocycles. The fourth-order valence-electron chi connectivity index (χ4n) is 9.39. The molecule has 0 amide bonds. The van der Waals surface area contributed by atoms with Crippen LogP contribution in [0, 0.1) is 0 Å². The summed E-state index contributed by atoms with van der Waals surface area (Å²) in [5, 5.41) is 0. The van der Waals surface area contributed by atoms with Crippen LogP contribution in [-0.2, 0) is 5.41 Å². The molecular formula is C55H37N. The lowest BCUT2D eigenvalue weighted by Gasteiger charge is -2.32. The first-order chi connectivity index (χ1) is 27.8. The molecule has 0 saturated heterocycles. The van der Waals surface area contributed by atoms with Crippen molar-refractivity contribution in [2.24, 2.45) is 0 Å². The molecule has 1 spiro atoms. The second-order valence-electron chi connectivity index (χ2n) is 14.9. The Hall–Kier alpha value is -7.22. The molecule has 0 unspecified atom stereocenters. The second-order valence-corrected chi connectivity index (χ2v) is 14.9. The van der Waals surface area contributed by atoms with E-state index in [0.717, 1.165) is 17.1 Å². The molecule has 0 fully saturated rings. The van der Waals surface area contributed by atoms with Gasteiger partial charge in [0.2, 0.25) is 0 Å². The van der Waals surface area contributed by atoms with Crippen LogP contribution in [0.5, 0.6) is 0 Å². The molecule has 1 nitrogen and oxygen atoms in total. The van der Waals surface area contributed by atoms with E-state index in [4.69, 9.17) is 0 Å². The third kappa shape index (κ3) is 4.95. The minimum absolute atomic E-state index is 0.409. The Bertz CT molecular complexity index is 2810. The van der Waals surface area contributed by atoms with Crippen molar-refractivity contribution < 1.29 is 0 Å². The molecule has 0 N–H and O–H groups in total. The van der Waals surface area contributed by atoms with Crippen LogP contribution < -0.4 is 4.90 Å². The third-order valence-corrected chi connectivity index (χ3v) is 11.9. The number of rotatable bonds is 6. The molecule has 262 valence electrons. The highest BCUT2D eigenvalue weighted by molar-refractivity contribution is 5.96. The molecule has 0 aliphatic heterocycles. The van der Waals surface area contributed by atoms with Crippen LogP contribution in [0.3, 0.4) is 0 Å². The monoisotopic (exact) mass is 711 g/mol. The van der Waals surface area contributed by atoms with E-state index in [1.807, 2.05) is 0 Å². The van der Waals surface area contributed by atoms with Gasteiger partial charge in [0.1, 0.15) is 0 Å². The topological polar surface area (TPSA) is 3.24 Å². The van der Waals surface area contributed by atoms with Crippen molar-refractivity contribution >= 4 is 17.1 Å². The van der Waals surface area contributed by atoms with Gasteiger partial charge in [0.05, 0.1) is 5.41 Å². The van der Waals surface area contributed by atoms with Crippen LogP contribution >= 0.6 is 0 Å². The Balaban J connectivity index is 1.06. The number of anilines is 3. The molecule has 0 aromatic heterocycles. The normalized spacial score (nSPS) is 12.8. The summed E-state index contributed by atoms with van der Waals surface area (Å²) in [5.74, 6) is 0. The second kappa shape index (κ2) is 13.0. The summed E-state index contributed by atoms with van der Waals surface area (Å²) in [6.45, 7) is 0. The van der Waals surface area contributed by atoms with Gasteiger partial charge in [-0.15, -0.1) is 0 Å². The van der Waals surface area contributed by atoms with E-state index < -0.39 is 5.41 Å². The summed E-state index contributed by atoms with van der Waals surface area (Å²) >= 11 is 0. The van der Waals surface area contributed by atoms with E-state index in [1.165, 1.54) is 77.9 Å². The van der Waals surface area contributed by atoms with E-state index in [9.17, 15) is 0 Å². The standard InChI is InChI=1S/C55H37N/c1-3-13-38(14-4-1)40-23-25-41(26-24-40)43-29-33-45(34-30-43)56(44-31-27-42(28-32-44)39-15-5-2-6-16-39)46-35-36-50-49-19-9-12-22-53(49)55(54(50)37-46)51-20-10-7-17-47(51)48-18-8-11-21-52(48)55/h1-37H. The van der Waals surface area contributed by atoms with E-state index in [2.05, 4.69) is 229 Å². The fourth-order valence-corrected chi connectivity index (χ4v) is 9.39. The Morgan fingerprint density at radius 3 is 0.946 bits per heavy atom. The van der Waals surface area contributed by atoms with E-state index in [0.29, 0.717) is 0 Å². The quantitative estimate of drug-likeness (QED) is 0.166. The lowest BCUT2D eigenvalue weighted by Crippen LogP contribution is -2.26. The fraction of sp³-hybridized carbons (Fsp3) is 0.0182. The SMILES string of the molecule is c1ccc(-c2ccc(-c3ccc(N(c4ccc(-c5ccccc5)cc4)c4ccc5c(c4)C4(c6ccccc6-c6ccccc64)c4ccccc4-5)cc3)cc2)cc1. The van der Waals surface area contributed by atoms with Gasteiger partial charge < -0.3 is 4.90 Å². The predicted octanol–water partition coefficient (Wildman–Crippen LogP) is 14.5. The Morgan fingerprint density at radius 1 is 0.232 bits per heavy atom. The zero-order valence-corrected chi connectivity index (χ0v) is 30.8. The Morgan fingerprint density at radius 2 is 0.536 bits per heavy atom. The number of hydrogen-bond acceptors (Lipinski definition) is 1. The van der Waals surface area contributed by atoms with Crippen molar-refractivity contribution in [1.29, 1.82) is 0 Å². The van der Waals surface area contributed by atoms with Crippen molar-refractivity contribution in [2.45, 2.75) is 5.41 Å². The van der Waals surface area contributed by atoms with Gasteiger partial charge in [0.15, 0.2) is 0 Å². The molecular weight excluding hydrogens is 675 g/mol. The van der Waals surface area contributed by atoms with Crippen LogP contribution in [0.25, 0.3) is 55.6 Å². The van der Waals surface area contributed by atoms with Gasteiger partial charge >= 0.3 is 0 Å². The van der Waals surface area contributed by atoms with Crippen LogP contribution in [0.2, 0.25) is 0 Å². The number of benzene rings is 9. The molecule has 11 rings (SSSR count). The molecule has 0 atom stereocenters. The van der Waals surface area contributed by atoms with Crippen LogP contribution in [0.4, 0.5) is 17.1 Å². The molecule has 0 saturated carbocycles. The highest BCUT2D eigenvalue weighted by atomic mass is 15.1. The van der Waals surface area contributed by atoms with E-state index >= 15 is 0 Å². The largest absolute Gasteiger partial charge is 0.310 e. The first kappa shape index (κ1) is 32.2.